The molecule has 0 unspecified atom stereocenters. The Morgan fingerprint density at radius 2 is 0.500 bits per heavy atom. The first-order valence-electron chi connectivity index (χ1n) is 18.2. The summed E-state index contributed by atoms with van der Waals surface area (Å²) in [7, 11) is 0. The molecule has 0 saturated heterocycles. The van der Waals surface area contributed by atoms with Crippen molar-refractivity contribution < 1.29 is 0 Å². The maximum Gasteiger partial charge on any atom is -0.00675 e. The normalized spacial score (nSPS) is 11.5. The Hall–Kier alpha value is 0.310. The molecule has 2 N–H and O–H groups in total. The Bertz CT molecular complexity index is 350. The Labute approximate surface area is 247 Å². The molecule has 230 valence electrons. The summed E-state index contributed by atoms with van der Waals surface area (Å²) in [6.45, 7) is 3.18. The van der Waals surface area contributed by atoms with Crippen molar-refractivity contribution in [3.05, 3.63) is 0 Å². The van der Waals surface area contributed by atoms with Gasteiger partial charge in [-0.2, -0.15) is 11.8 Å². The van der Waals surface area contributed by atoms with E-state index in [1.54, 1.807) is 0 Å². The molecule has 1 nitrogen and oxygen atoms in total. The third kappa shape index (κ3) is 36.3. The lowest BCUT2D eigenvalue weighted by Crippen LogP contribution is -1.97. The fourth-order valence-electron chi connectivity index (χ4n) is 5.68. The number of thioether (sulfide) groups is 1. The lowest BCUT2D eigenvalue weighted by Gasteiger charge is -2.05. The first-order chi connectivity index (χ1) is 18.9. The average molecular weight is 554 g/mol. The zero-order valence-corrected chi connectivity index (χ0v) is 27.6. The summed E-state index contributed by atoms with van der Waals surface area (Å²) in [5.74, 6) is 2.82. The highest BCUT2D eigenvalue weighted by molar-refractivity contribution is 7.99. The topological polar surface area (TPSA) is 26.0 Å². The highest BCUT2D eigenvalue weighted by atomic mass is 32.2. The molecule has 0 aromatic carbocycles. The average Bonchev–Trinajstić information content (AvgIpc) is 2.93. The summed E-state index contributed by atoms with van der Waals surface area (Å²) in [4.78, 5) is 0. The van der Waals surface area contributed by atoms with E-state index < -0.39 is 0 Å². The zero-order chi connectivity index (χ0) is 27.5. The first-order valence-corrected chi connectivity index (χ1v) is 19.3. The largest absolute Gasteiger partial charge is 0.330 e. The molecule has 0 amide bonds. The van der Waals surface area contributed by atoms with Gasteiger partial charge in [0, 0.05) is 0 Å². The van der Waals surface area contributed by atoms with Crippen molar-refractivity contribution in [3.8, 4) is 0 Å². The van der Waals surface area contributed by atoms with Gasteiger partial charge in [0.2, 0.25) is 0 Å². The minimum absolute atomic E-state index is 0.874. The second kappa shape index (κ2) is 37.3. The molecule has 2 heteroatoms. The zero-order valence-electron chi connectivity index (χ0n) is 26.7. The van der Waals surface area contributed by atoms with Crippen LogP contribution in [0.4, 0.5) is 0 Å². The fraction of sp³-hybridized carbons (Fsp3) is 1.00. The van der Waals surface area contributed by atoms with Crippen LogP contribution in [0.3, 0.4) is 0 Å². The summed E-state index contributed by atoms with van der Waals surface area (Å²) in [6.07, 6.45) is 46.6. The van der Waals surface area contributed by atoms with E-state index in [1.807, 2.05) is 0 Å². The molecule has 38 heavy (non-hydrogen) atoms. The maximum atomic E-state index is 5.55. The molecule has 0 aromatic rings. The fourth-order valence-corrected chi connectivity index (χ4v) is 6.70. The number of hydrogen-bond donors (Lipinski definition) is 1. The van der Waals surface area contributed by atoms with Crippen molar-refractivity contribution in [1.29, 1.82) is 0 Å². The molecule has 0 aliphatic carbocycles. The van der Waals surface area contributed by atoms with Crippen molar-refractivity contribution in [2.75, 3.05) is 18.1 Å². The van der Waals surface area contributed by atoms with Crippen LogP contribution in [0.25, 0.3) is 0 Å². The molecule has 0 fully saturated rings. The van der Waals surface area contributed by atoms with Crippen molar-refractivity contribution in [3.63, 3.8) is 0 Å². The number of unbranched alkanes of at least 4 members (excludes halogenated alkanes) is 30. The quantitative estimate of drug-likeness (QED) is 0.0789. The van der Waals surface area contributed by atoms with E-state index in [1.165, 1.54) is 217 Å². The van der Waals surface area contributed by atoms with Gasteiger partial charge in [-0.1, -0.05) is 193 Å². The minimum atomic E-state index is 0.874. The Morgan fingerprint density at radius 1 is 0.289 bits per heavy atom. The molecule has 0 atom stereocenters. The molecule has 0 spiro atoms. The van der Waals surface area contributed by atoms with E-state index in [4.69, 9.17) is 5.73 Å². The molecule has 0 saturated carbocycles. The summed E-state index contributed by atoms with van der Waals surface area (Å²) < 4.78 is 0. The second-order valence-corrected chi connectivity index (χ2v) is 13.6. The number of rotatable bonds is 35. The van der Waals surface area contributed by atoms with Crippen molar-refractivity contribution in [2.24, 2.45) is 5.73 Å². The Morgan fingerprint density at radius 3 is 0.737 bits per heavy atom. The summed E-state index contributed by atoms with van der Waals surface area (Å²) >= 11 is 2.22. The van der Waals surface area contributed by atoms with Crippen LogP contribution in [0.1, 0.15) is 212 Å². The van der Waals surface area contributed by atoms with Gasteiger partial charge in [0.05, 0.1) is 0 Å². The van der Waals surface area contributed by atoms with Crippen LogP contribution in [0.2, 0.25) is 0 Å². The van der Waals surface area contributed by atoms with Crippen molar-refractivity contribution in [1.82, 2.24) is 0 Å². The van der Waals surface area contributed by atoms with Gasteiger partial charge in [0.25, 0.3) is 0 Å². The van der Waals surface area contributed by atoms with Gasteiger partial charge in [0.1, 0.15) is 0 Å². The highest BCUT2D eigenvalue weighted by Crippen LogP contribution is 2.17. The summed E-state index contributed by atoms with van der Waals surface area (Å²) in [6, 6.07) is 0. The van der Waals surface area contributed by atoms with Crippen LogP contribution in [-0.4, -0.2) is 18.1 Å². The highest BCUT2D eigenvalue weighted by Gasteiger charge is 1.97. The first kappa shape index (κ1) is 38.3. The van der Waals surface area contributed by atoms with Gasteiger partial charge in [-0.15, -0.1) is 0 Å². The summed E-state index contributed by atoms with van der Waals surface area (Å²) in [5, 5.41) is 0. The van der Waals surface area contributed by atoms with Crippen LogP contribution in [0.5, 0.6) is 0 Å². The Kier molecular flexibility index (Phi) is 37.6. The van der Waals surface area contributed by atoms with Crippen LogP contribution in [0, 0.1) is 0 Å². The molecule has 0 aliphatic rings. The molecular weight excluding hydrogens is 478 g/mol. The van der Waals surface area contributed by atoms with Gasteiger partial charge >= 0.3 is 0 Å². The summed E-state index contributed by atoms with van der Waals surface area (Å²) in [5.41, 5.74) is 5.55. The predicted octanol–water partition coefficient (Wildman–Crippen LogP) is 13.2. The van der Waals surface area contributed by atoms with Crippen LogP contribution >= 0.6 is 11.8 Å². The van der Waals surface area contributed by atoms with E-state index in [0.717, 1.165) is 6.54 Å². The molecule has 0 aromatic heterocycles. The standard InChI is InChI=1S/C36H75NS/c1-2-3-4-5-6-7-8-9-10-14-17-20-23-26-29-32-35-38-36-33-30-27-24-21-18-15-12-11-13-16-19-22-25-28-31-34-37/h2-37H2,1H3. The number of hydrogen-bond acceptors (Lipinski definition) is 2. The van der Waals surface area contributed by atoms with Gasteiger partial charge in [-0.3, -0.25) is 0 Å². The minimum Gasteiger partial charge on any atom is -0.330 e. The lowest BCUT2D eigenvalue weighted by molar-refractivity contribution is 0.530. The maximum absolute atomic E-state index is 5.55. The smallest absolute Gasteiger partial charge is 0.00675 e. The van der Waals surface area contributed by atoms with Gasteiger partial charge in [0.15, 0.2) is 0 Å². The van der Waals surface area contributed by atoms with Crippen LogP contribution in [0.15, 0.2) is 0 Å². The SMILES string of the molecule is CCCCCCCCCCCCCCCCCCSCCCCCCCCCCCCCCCCCCN. The molecule has 0 rings (SSSR count). The third-order valence-electron chi connectivity index (χ3n) is 8.39. The molecular formula is C36H75NS. The van der Waals surface area contributed by atoms with Gasteiger partial charge < -0.3 is 5.73 Å². The monoisotopic (exact) mass is 554 g/mol. The van der Waals surface area contributed by atoms with Crippen molar-refractivity contribution in [2.45, 2.75) is 212 Å². The molecule has 0 bridgehead atoms. The Balaban J connectivity index is 3.01. The molecule has 0 radical (unpaired) electrons. The van der Waals surface area contributed by atoms with E-state index in [0.29, 0.717) is 0 Å². The van der Waals surface area contributed by atoms with Gasteiger partial charge in [-0.25, -0.2) is 0 Å². The lowest BCUT2D eigenvalue weighted by atomic mass is 10.0. The molecule has 0 heterocycles. The second-order valence-electron chi connectivity index (χ2n) is 12.4. The number of nitrogens with two attached hydrogens (primary N) is 1. The van der Waals surface area contributed by atoms with Crippen molar-refractivity contribution >= 4 is 11.8 Å². The van der Waals surface area contributed by atoms with E-state index >= 15 is 0 Å². The predicted molar refractivity (Wildman–Crippen MR) is 180 cm³/mol. The third-order valence-corrected chi connectivity index (χ3v) is 9.54. The molecule has 0 aliphatic heterocycles. The van der Waals surface area contributed by atoms with E-state index in [-0.39, 0.29) is 0 Å². The van der Waals surface area contributed by atoms with Crippen LogP contribution in [-0.2, 0) is 0 Å². The van der Waals surface area contributed by atoms with E-state index in [9.17, 15) is 0 Å². The van der Waals surface area contributed by atoms with E-state index in [2.05, 4.69) is 18.7 Å². The van der Waals surface area contributed by atoms with Gasteiger partial charge in [-0.05, 0) is 37.3 Å². The van der Waals surface area contributed by atoms with Crippen LogP contribution < -0.4 is 5.73 Å².